The third kappa shape index (κ3) is 4.20. The second kappa shape index (κ2) is 6.45. The van der Waals surface area contributed by atoms with Crippen molar-refractivity contribution in [3.8, 4) is 0 Å². The zero-order valence-corrected chi connectivity index (χ0v) is 15.2. The van der Waals surface area contributed by atoms with Crippen LogP contribution in [0.2, 0.25) is 0 Å². The van der Waals surface area contributed by atoms with E-state index in [-0.39, 0.29) is 5.41 Å². The smallest absolute Gasteiger partial charge is 0.240 e. The summed E-state index contributed by atoms with van der Waals surface area (Å²) in [6, 6.07) is 7.08. The minimum absolute atomic E-state index is 0.00601. The van der Waals surface area contributed by atoms with Crippen molar-refractivity contribution < 1.29 is 8.42 Å². The zero-order valence-electron chi connectivity index (χ0n) is 14.4. The fraction of sp³-hybridized carbons (Fsp3) is 0.471. The van der Waals surface area contributed by atoms with Crippen LogP contribution in [0, 0.1) is 13.8 Å². The molecule has 0 bridgehead atoms. The molecular formula is C17H25N3O2S. The van der Waals surface area contributed by atoms with E-state index in [1.165, 1.54) is 0 Å². The minimum atomic E-state index is -3.48. The molecule has 6 heteroatoms. The molecule has 0 radical (unpaired) electrons. The molecule has 1 heterocycles. The van der Waals surface area contributed by atoms with E-state index in [9.17, 15) is 8.42 Å². The highest BCUT2D eigenvalue weighted by molar-refractivity contribution is 7.89. The van der Waals surface area contributed by atoms with Crippen molar-refractivity contribution in [2.75, 3.05) is 6.54 Å². The maximum absolute atomic E-state index is 12.4. The summed E-state index contributed by atoms with van der Waals surface area (Å²) in [6.07, 6.45) is 0.619. The van der Waals surface area contributed by atoms with Crippen molar-refractivity contribution in [1.82, 2.24) is 14.9 Å². The maximum Gasteiger partial charge on any atom is 0.240 e. The fourth-order valence-electron chi connectivity index (χ4n) is 2.47. The highest BCUT2D eigenvalue weighted by Crippen LogP contribution is 2.23. The first-order valence-corrected chi connectivity index (χ1v) is 9.20. The summed E-state index contributed by atoms with van der Waals surface area (Å²) in [5.74, 6) is 0. The topological polar surface area (TPSA) is 74.8 Å². The molecule has 2 aromatic rings. The third-order valence-corrected chi connectivity index (χ3v) is 5.46. The Balaban J connectivity index is 2.04. The van der Waals surface area contributed by atoms with Gasteiger partial charge in [-0.2, -0.15) is 5.10 Å². The highest BCUT2D eigenvalue weighted by Gasteiger charge is 2.17. The minimum Gasteiger partial charge on any atom is -0.282 e. The van der Waals surface area contributed by atoms with Gasteiger partial charge in [0.1, 0.15) is 0 Å². The van der Waals surface area contributed by atoms with Gasteiger partial charge in [0.2, 0.25) is 10.0 Å². The van der Waals surface area contributed by atoms with Gasteiger partial charge in [0, 0.05) is 12.2 Å². The average molecular weight is 335 g/mol. The van der Waals surface area contributed by atoms with Crippen LogP contribution in [0.15, 0.2) is 29.2 Å². The third-order valence-electron chi connectivity index (χ3n) is 3.98. The molecule has 23 heavy (non-hydrogen) atoms. The number of aryl methyl sites for hydroxylation is 2. The monoisotopic (exact) mass is 335 g/mol. The van der Waals surface area contributed by atoms with Gasteiger partial charge in [-0.15, -0.1) is 0 Å². The molecular weight excluding hydrogens is 310 g/mol. The van der Waals surface area contributed by atoms with Crippen molar-refractivity contribution in [2.45, 2.75) is 51.3 Å². The molecule has 2 rings (SSSR count). The molecule has 0 saturated heterocycles. The molecule has 1 aromatic carbocycles. The van der Waals surface area contributed by atoms with Gasteiger partial charge in [0.05, 0.1) is 10.6 Å². The standard InChI is InChI=1S/C17H25N3O2S/c1-12-16(13(2)20-19-12)10-11-18-23(21,22)15-8-6-14(7-9-15)17(3,4)5/h6-9,18H,10-11H2,1-5H3,(H,19,20). The van der Waals surface area contributed by atoms with Crippen LogP contribution < -0.4 is 4.72 Å². The molecule has 5 nitrogen and oxygen atoms in total. The lowest BCUT2D eigenvalue weighted by atomic mass is 9.87. The van der Waals surface area contributed by atoms with Gasteiger partial charge in [-0.25, -0.2) is 13.1 Å². The number of hydrogen-bond donors (Lipinski definition) is 2. The molecule has 0 aliphatic heterocycles. The van der Waals surface area contributed by atoms with Crippen LogP contribution in [0.4, 0.5) is 0 Å². The van der Waals surface area contributed by atoms with Gasteiger partial charge in [-0.05, 0) is 48.9 Å². The van der Waals surface area contributed by atoms with Crippen LogP contribution in [-0.2, 0) is 21.9 Å². The predicted octanol–water partition coefficient (Wildman–Crippen LogP) is 2.85. The Morgan fingerprint density at radius 1 is 1.13 bits per heavy atom. The Labute approximate surface area is 138 Å². The second-order valence-electron chi connectivity index (χ2n) is 6.83. The lowest BCUT2D eigenvalue weighted by molar-refractivity contribution is 0.578. The van der Waals surface area contributed by atoms with Crippen LogP contribution in [0.3, 0.4) is 0 Å². The van der Waals surface area contributed by atoms with Crippen LogP contribution in [0.1, 0.15) is 43.3 Å². The summed E-state index contributed by atoms with van der Waals surface area (Å²) >= 11 is 0. The first kappa shape index (κ1) is 17.7. The van der Waals surface area contributed by atoms with E-state index in [1.54, 1.807) is 12.1 Å². The molecule has 0 amide bonds. The Kier molecular flexibility index (Phi) is 4.96. The van der Waals surface area contributed by atoms with Crippen molar-refractivity contribution in [3.63, 3.8) is 0 Å². The SMILES string of the molecule is Cc1n[nH]c(C)c1CCNS(=O)(=O)c1ccc(C(C)(C)C)cc1. The summed E-state index contributed by atoms with van der Waals surface area (Å²) in [7, 11) is -3.48. The first-order chi connectivity index (χ1) is 10.6. The number of aromatic amines is 1. The normalized spacial score (nSPS) is 12.6. The first-order valence-electron chi connectivity index (χ1n) is 7.72. The van der Waals surface area contributed by atoms with Crippen molar-refractivity contribution in [1.29, 1.82) is 0 Å². The van der Waals surface area contributed by atoms with Crippen LogP contribution >= 0.6 is 0 Å². The molecule has 1 aromatic heterocycles. The number of rotatable bonds is 5. The number of H-pyrrole nitrogens is 1. The van der Waals surface area contributed by atoms with E-state index in [1.807, 2.05) is 26.0 Å². The average Bonchev–Trinajstić information content (AvgIpc) is 2.78. The van der Waals surface area contributed by atoms with E-state index >= 15 is 0 Å². The Morgan fingerprint density at radius 3 is 2.22 bits per heavy atom. The summed E-state index contributed by atoms with van der Waals surface area (Å²) in [5.41, 5.74) is 4.08. The molecule has 0 saturated carbocycles. The number of aromatic nitrogens is 2. The Morgan fingerprint density at radius 2 is 1.74 bits per heavy atom. The van der Waals surface area contributed by atoms with Crippen molar-refractivity contribution in [3.05, 3.63) is 46.8 Å². The largest absolute Gasteiger partial charge is 0.282 e. The van der Waals surface area contributed by atoms with Crippen molar-refractivity contribution >= 4 is 10.0 Å². The van der Waals surface area contributed by atoms with Gasteiger partial charge in [0.15, 0.2) is 0 Å². The van der Waals surface area contributed by atoms with Gasteiger partial charge in [0.25, 0.3) is 0 Å². The fourth-order valence-corrected chi connectivity index (χ4v) is 3.50. The summed E-state index contributed by atoms with van der Waals surface area (Å²) < 4.78 is 27.4. The predicted molar refractivity (Wildman–Crippen MR) is 92.1 cm³/mol. The number of hydrogen-bond acceptors (Lipinski definition) is 3. The lowest BCUT2D eigenvalue weighted by Crippen LogP contribution is -2.26. The van der Waals surface area contributed by atoms with Gasteiger partial charge >= 0.3 is 0 Å². The number of sulfonamides is 1. The number of nitrogens with one attached hydrogen (secondary N) is 2. The van der Waals surface area contributed by atoms with Crippen molar-refractivity contribution in [2.24, 2.45) is 0 Å². The number of nitrogens with zero attached hydrogens (tertiary/aromatic N) is 1. The Hall–Kier alpha value is -1.66. The van der Waals surface area contributed by atoms with E-state index in [4.69, 9.17) is 0 Å². The molecule has 126 valence electrons. The van der Waals surface area contributed by atoms with E-state index in [0.717, 1.165) is 22.5 Å². The number of benzene rings is 1. The quantitative estimate of drug-likeness (QED) is 0.882. The van der Waals surface area contributed by atoms with Gasteiger partial charge in [-0.1, -0.05) is 32.9 Å². The highest BCUT2D eigenvalue weighted by atomic mass is 32.2. The maximum atomic E-state index is 12.4. The van der Waals surface area contributed by atoms with Crippen LogP contribution in [0.25, 0.3) is 0 Å². The molecule has 2 N–H and O–H groups in total. The van der Waals surface area contributed by atoms with Gasteiger partial charge in [-0.3, -0.25) is 5.10 Å². The van der Waals surface area contributed by atoms with Crippen LogP contribution in [-0.4, -0.2) is 25.2 Å². The molecule has 0 spiro atoms. The molecule has 0 aliphatic carbocycles. The molecule has 0 aliphatic rings. The van der Waals surface area contributed by atoms with E-state index in [2.05, 4.69) is 35.7 Å². The summed E-state index contributed by atoms with van der Waals surface area (Å²) in [4.78, 5) is 0.297. The van der Waals surface area contributed by atoms with Crippen LogP contribution in [0.5, 0.6) is 0 Å². The summed E-state index contributed by atoms with van der Waals surface area (Å²) in [5, 5.41) is 7.03. The molecule has 0 unspecified atom stereocenters. The molecule has 0 atom stereocenters. The second-order valence-corrected chi connectivity index (χ2v) is 8.60. The Bertz CT molecular complexity index is 750. The van der Waals surface area contributed by atoms with E-state index < -0.39 is 10.0 Å². The molecule has 0 fully saturated rings. The van der Waals surface area contributed by atoms with Gasteiger partial charge < -0.3 is 0 Å². The van der Waals surface area contributed by atoms with E-state index in [0.29, 0.717) is 17.9 Å². The lowest BCUT2D eigenvalue weighted by Gasteiger charge is -2.19. The zero-order chi connectivity index (χ0) is 17.3. The summed E-state index contributed by atoms with van der Waals surface area (Å²) in [6.45, 7) is 10.5.